The highest BCUT2D eigenvalue weighted by molar-refractivity contribution is 6.35. The van der Waals surface area contributed by atoms with Crippen LogP contribution in [0.3, 0.4) is 0 Å². The summed E-state index contributed by atoms with van der Waals surface area (Å²) in [6.07, 6.45) is 2.41. The fraction of sp³-hybridized carbons (Fsp3) is 0.208. The quantitative estimate of drug-likeness (QED) is 0.364. The van der Waals surface area contributed by atoms with Crippen molar-refractivity contribution in [2.75, 3.05) is 33.6 Å². The average Bonchev–Trinajstić information content (AvgIpc) is 3.26. The molecule has 182 valence electrons. The third kappa shape index (κ3) is 4.98. The number of rotatable bonds is 7. The Hall–Kier alpha value is -3.89. The smallest absolute Gasteiger partial charge is 0.419 e. The van der Waals surface area contributed by atoms with Crippen molar-refractivity contribution in [2.24, 2.45) is 0 Å². The first-order chi connectivity index (χ1) is 16.8. The Labute approximate surface area is 205 Å². The summed E-state index contributed by atoms with van der Waals surface area (Å²) in [5.74, 6) is 0.00131. The van der Waals surface area contributed by atoms with Gasteiger partial charge >= 0.3 is 6.09 Å². The SMILES string of the molecule is COc1cc(OC)c(Cl)c(-c2ccc(OC(=O)Nc3ncc(CN(C)C)[nH]3)c3ncccc23)c1F. The van der Waals surface area contributed by atoms with Gasteiger partial charge in [-0.1, -0.05) is 17.7 Å². The Kier molecular flexibility index (Phi) is 7.04. The topological polar surface area (TPSA) is 102 Å². The standard InChI is InChI=1S/C24H23ClFN5O4/c1-31(2)12-13-11-28-23(29-13)30-24(32)35-16-8-7-14(15-6-5-9-27-22(15)16)19-20(25)17(33-3)10-18(34-4)21(19)26/h5-11H,12H2,1-4H3,(H2,28,29,30,32). The summed E-state index contributed by atoms with van der Waals surface area (Å²) in [6.45, 7) is 0.633. The summed E-state index contributed by atoms with van der Waals surface area (Å²) in [6, 6.07) is 7.91. The predicted molar refractivity (Wildman–Crippen MR) is 131 cm³/mol. The van der Waals surface area contributed by atoms with E-state index in [-0.39, 0.29) is 33.8 Å². The number of hydrogen-bond acceptors (Lipinski definition) is 7. The Bertz CT molecular complexity index is 1360. The first-order valence-corrected chi connectivity index (χ1v) is 10.9. The number of ether oxygens (including phenoxy) is 3. The van der Waals surface area contributed by atoms with E-state index in [9.17, 15) is 4.79 Å². The molecule has 0 bridgehead atoms. The number of aromatic nitrogens is 3. The van der Waals surface area contributed by atoms with Gasteiger partial charge in [0.15, 0.2) is 17.3 Å². The molecule has 1 amide bonds. The lowest BCUT2D eigenvalue weighted by Crippen LogP contribution is -2.18. The minimum atomic E-state index is -0.761. The molecule has 4 rings (SSSR count). The number of nitrogens with one attached hydrogen (secondary N) is 2. The lowest BCUT2D eigenvalue weighted by Gasteiger charge is -2.16. The molecule has 2 N–H and O–H groups in total. The predicted octanol–water partition coefficient (Wildman–Crippen LogP) is 5.11. The lowest BCUT2D eigenvalue weighted by molar-refractivity contribution is 0.215. The van der Waals surface area contributed by atoms with E-state index in [1.165, 1.54) is 26.4 Å². The molecule has 0 aliphatic carbocycles. The zero-order valence-corrected chi connectivity index (χ0v) is 20.2. The van der Waals surface area contributed by atoms with Crippen LogP contribution in [0.2, 0.25) is 5.02 Å². The van der Waals surface area contributed by atoms with E-state index >= 15 is 4.39 Å². The number of halogens is 2. The number of fused-ring (bicyclic) bond motifs is 1. The fourth-order valence-corrected chi connectivity index (χ4v) is 3.95. The molecule has 0 saturated carbocycles. The number of anilines is 1. The minimum Gasteiger partial charge on any atom is -0.495 e. The number of imidazole rings is 1. The zero-order valence-electron chi connectivity index (χ0n) is 19.5. The van der Waals surface area contributed by atoms with Crippen molar-refractivity contribution in [2.45, 2.75) is 6.54 Å². The summed E-state index contributed by atoms with van der Waals surface area (Å²) in [7, 11) is 6.63. The molecule has 0 fully saturated rings. The van der Waals surface area contributed by atoms with Crippen LogP contribution in [0.4, 0.5) is 15.1 Å². The van der Waals surface area contributed by atoms with E-state index in [1.807, 2.05) is 19.0 Å². The second-order valence-electron chi connectivity index (χ2n) is 7.80. The third-order valence-corrected chi connectivity index (χ3v) is 5.49. The Morgan fingerprint density at radius 1 is 1.14 bits per heavy atom. The van der Waals surface area contributed by atoms with Gasteiger partial charge in [-0.05, 0) is 37.9 Å². The number of amides is 1. The van der Waals surface area contributed by atoms with Gasteiger partial charge in [-0.15, -0.1) is 0 Å². The minimum absolute atomic E-state index is 0.0231. The van der Waals surface area contributed by atoms with E-state index in [1.54, 1.807) is 30.6 Å². The molecule has 0 aliphatic heterocycles. The van der Waals surface area contributed by atoms with Crippen LogP contribution >= 0.6 is 11.6 Å². The normalized spacial score (nSPS) is 11.1. The maximum Gasteiger partial charge on any atom is 0.419 e. The highest BCUT2D eigenvalue weighted by Gasteiger charge is 2.23. The van der Waals surface area contributed by atoms with Crippen LogP contribution in [0.1, 0.15) is 5.69 Å². The maximum absolute atomic E-state index is 15.3. The molecule has 0 saturated heterocycles. The third-order valence-electron chi connectivity index (χ3n) is 5.11. The Morgan fingerprint density at radius 2 is 1.91 bits per heavy atom. The summed E-state index contributed by atoms with van der Waals surface area (Å²) in [5, 5.41) is 3.15. The van der Waals surface area contributed by atoms with Crippen molar-refractivity contribution in [3.05, 3.63) is 59.3 Å². The number of H-pyrrole nitrogens is 1. The summed E-state index contributed by atoms with van der Waals surface area (Å²) in [5.41, 5.74) is 1.68. The van der Waals surface area contributed by atoms with Crippen LogP contribution in [0.25, 0.3) is 22.0 Å². The molecule has 2 aromatic carbocycles. The van der Waals surface area contributed by atoms with E-state index in [4.69, 9.17) is 25.8 Å². The van der Waals surface area contributed by atoms with E-state index < -0.39 is 11.9 Å². The van der Waals surface area contributed by atoms with Crippen molar-refractivity contribution >= 4 is 34.5 Å². The molecule has 0 atom stereocenters. The number of aromatic amines is 1. The molecule has 0 aliphatic rings. The van der Waals surface area contributed by atoms with E-state index in [2.05, 4.69) is 20.3 Å². The monoisotopic (exact) mass is 499 g/mol. The molecule has 35 heavy (non-hydrogen) atoms. The molecule has 2 heterocycles. The van der Waals surface area contributed by atoms with Crippen LogP contribution in [0.5, 0.6) is 17.2 Å². The highest BCUT2D eigenvalue weighted by Crippen LogP contribution is 2.45. The van der Waals surface area contributed by atoms with Gasteiger partial charge in [0, 0.05) is 29.8 Å². The molecular weight excluding hydrogens is 477 g/mol. The van der Waals surface area contributed by atoms with Crippen LogP contribution in [0, 0.1) is 5.82 Å². The van der Waals surface area contributed by atoms with Crippen LogP contribution in [-0.4, -0.2) is 54.3 Å². The van der Waals surface area contributed by atoms with Gasteiger partial charge in [0.05, 0.1) is 31.1 Å². The van der Waals surface area contributed by atoms with E-state index in [0.29, 0.717) is 23.0 Å². The van der Waals surface area contributed by atoms with Crippen LogP contribution in [0.15, 0.2) is 42.7 Å². The van der Waals surface area contributed by atoms with Gasteiger partial charge < -0.3 is 24.1 Å². The molecule has 0 spiro atoms. The summed E-state index contributed by atoms with van der Waals surface area (Å²) >= 11 is 6.48. The van der Waals surface area contributed by atoms with Gasteiger partial charge in [0.2, 0.25) is 5.95 Å². The number of benzene rings is 2. The van der Waals surface area contributed by atoms with Gasteiger partial charge in [-0.3, -0.25) is 10.3 Å². The Morgan fingerprint density at radius 3 is 2.63 bits per heavy atom. The molecule has 2 aromatic heterocycles. The van der Waals surface area contributed by atoms with Crippen molar-refractivity contribution < 1.29 is 23.4 Å². The Balaban J connectivity index is 1.69. The lowest BCUT2D eigenvalue weighted by atomic mass is 9.98. The van der Waals surface area contributed by atoms with Gasteiger partial charge in [-0.2, -0.15) is 0 Å². The first kappa shape index (κ1) is 24.2. The summed E-state index contributed by atoms with van der Waals surface area (Å²) < 4.78 is 31.3. The first-order valence-electron chi connectivity index (χ1n) is 10.5. The number of hydrogen-bond donors (Lipinski definition) is 2. The van der Waals surface area contributed by atoms with Crippen LogP contribution in [-0.2, 0) is 6.54 Å². The molecule has 9 nitrogen and oxygen atoms in total. The van der Waals surface area contributed by atoms with Crippen molar-refractivity contribution in [3.8, 4) is 28.4 Å². The average molecular weight is 500 g/mol. The zero-order chi connectivity index (χ0) is 25.1. The molecular formula is C24H23ClFN5O4. The van der Waals surface area contributed by atoms with Gasteiger partial charge in [0.25, 0.3) is 0 Å². The molecule has 0 unspecified atom stereocenters. The maximum atomic E-state index is 15.3. The molecule has 11 heteroatoms. The van der Waals surface area contributed by atoms with Crippen LogP contribution < -0.4 is 19.5 Å². The summed E-state index contributed by atoms with van der Waals surface area (Å²) in [4.78, 5) is 26.0. The molecule has 0 radical (unpaired) electrons. The largest absolute Gasteiger partial charge is 0.495 e. The number of nitrogens with zero attached hydrogens (tertiary/aromatic N) is 3. The molecule has 4 aromatic rings. The van der Waals surface area contributed by atoms with E-state index in [0.717, 1.165) is 5.69 Å². The number of pyridine rings is 1. The second kappa shape index (κ2) is 10.2. The number of carbonyl (C=O) groups is 1. The van der Waals surface area contributed by atoms with Crippen molar-refractivity contribution in [1.82, 2.24) is 19.9 Å². The highest BCUT2D eigenvalue weighted by atomic mass is 35.5. The van der Waals surface area contributed by atoms with Crippen molar-refractivity contribution in [1.29, 1.82) is 0 Å². The van der Waals surface area contributed by atoms with Gasteiger partial charge in [0.1, 0.15) is 11.3 Å². The van der Waals surface area contributed by atoms with Gasteiger partial charge in [-0.25, -0.2) is 14.2 Å². The second-order valence-corrected chi connectivity index (χ2v) is 8.18. The number of carbonyl (C=O) groups excluding carboxylic acids is 1. The fourth-order valence-electron chi connectivity index (χ4n) is 3.63. The number of methoxy groups -OCH3 is 2. The van der Waals surface area contributed by atoms with Crippen molar-refractivity contribution in [3.63, 3.8) is 0 Å².